The maximum Gasteiger partial charge on any atom is 0.0594 e. The molecule has 1 saturated heterocycles. The smallest absolute Gasteiger partial charge is 0.0594 e. The van der Waals surface area contributed by atoms with E-state index in [2.05, 4.69) is 35.2 Å². The molecule has 0 saturated carbocycles. The number of nitrogens with two attached hydrogens (primary N) is 1. The molecule has 16 heavy (non-hydrogen) atoms. The van der Waals surface area contributed by atoms with Crippen LogP contribution < -0.4 is 5.73 Å². The van der Waals surface area contributed by atoms with Crippen LogP contribution in [0.25, 0.3) is 0 Å². The molecule has 1 fully saturated rings. The zero-order chi connectivity index (χ0) is 11.2. The molecule has 1 aromatic rings. The molecular formula is C13H20N2O. The lowest BCUT2D eigenvalue weighted by atomic mass is 10.0. The summed E-state index contributed by atoms with van der Waals surface area (Å²) >= 11 is 0. The van der Waals surface area contributed by atoms with Gasteiger partial charge in [-0.25, -0.2) is 0 Å². The van der Waals surface area contributed by atoms with Gasteiger partial charge in [-0.05, 0) is 12.0 Å². The van der Waals surface area contributed by atoms with Gasteiger partial charge in [0.05, 0.1) is 13.2 Å². The van der Waals surface area contributed by atoms with E-state index in [1.807, 2.05) is 0 Å². The Labute approximate surface area is 97.2 Å². The van der Waals surface area contributed by atoms with Crippen molar-refractivity contribution in [1.82, 2.24) is 4.90 Å². The van der Waals surface area contributed by atoms with Gasteiger partial charge in [-0.2, -0.15) is 0 Å². The van der Waals surface area contributed by atoms with E-state index >= 15 is 0 Å². The van der Waals surface area contributed by atoms with Crippen LogP contribution in [0.1, 0.15) is 5.56 Å². The maximum absolute atomic E-state index is 5.87. The highest BCUT2D eigenvalue weighted by atomic mass is 16.5. The Morgan fingerprint density at radius 1 is 1.19 bits per heavy atom. The number of morpholine rings is 1. The average molecular weight is 220 g/mol. The number of rotatable bonds is 4. The minimum Gasteiger partial charge on any atom is -0.379 e. The van der Waals surface area contributed by atoms with Crippen molar-refractivity contribution >= 4 is 0 Å². The molecule has 1 atom stereocenters. The molecule has 3 heteroatoms. The van der Waals surface area contributed by atoms with Crippen LogP contribution in [-0.4, -0.2) is 43.8 Å². The van der Waals surface area contributed by atoms with E-state index in [0.717, 1.165) is 39.3 Å². The maximum atomic E-state index is 5.87. The second-order valence-electron chi connectivity index (χ2n) is 4.23. The van der Waals surface area contributed by atoms with Crippen molar-refractivity contribution < 1.29 is 4.74 Å². The molecule has 0 aromatic heterocycles. The molecule has 0 amide bonds. The summed E-state index contributed by atoms with van der Waals surface area (Å²) in [5, 5.41) is 0. The van der Waals surface area contributed by atoms with Gasteiger partial charge in [-0.1, -0.05) is 30.3 Å². The Balaban J connectivity index is 1.94. The topological polar surface area (TPSA) is 38.5 Å². The molecule has 88 valence electrons. The Bertz CT molecular complexity index is 296. The minimum absolute atomic E-state index is 0.450. The fourth-order valence-corrected chi connectivity index (χ4v) is 2.19. The van der Waals surface area contributed by atoms with Crippen molar-refractivity contribution in [2.45, 2.75) is 12.5 Å². The van der Waals surface area contributed by atoms with Gasteiger partial charge in [-0.3, -0.25) is 4.90 Å². The van der Waals surface area contributed by atoms with Gasteiger partial charge in [0.15, 0.2) is 0 Å². The quantitative estimate of drug-likeness (QED) is 0.819. The lowest BCUT2D eigenvalue weighted by Crippen LogP contribution is -2.47. The molecule has 3 nitrogen and oxygen atoms in total. The number of ether oxygens (including phenoxy) is 1. The van der Waals surface area contributed by atoms with Gasteiger partial charge in [0.1, 0.15) is 0 Å². The largest absolute Gasteiger partial charge is 0.379 e. The van der Waals surface area contributed by atoms with Gasteiger partial charge in [0.25, 0.3) is 0 Å². The van der Waals surface area contributed by atoms with Crippen LogP contribution in [0.2, 0.25) is 0 Å². The third-order valence-electron chi connectivity index (χ3n) is 3.15. The van der Waals surface area contributed by atoms with Crippen LogP contribution in [-0.2, 0) is 11.2 Å². The molecule has 2 N–H and O–H groups in total. The molecule has 1 unspecified atom stereocenters. The molecule has 0 aliphatic carbocycles. The van der Waals surface area contributed by atoms with Crippen molar-refractivity contribution in [1.29, 1.82) is 0 Å². The molecule has 1 aromatic carbocycles. The fraction of sp³-hybridized carbons (Fsp3) is 0.538. The first kappa shape index (κ1) is 11.6. The van der Waals surface area contributed by atoms with Gasteiger partial charge >= 0.3 is 0 Å². The predicted molar refractivity (Wildman–Crippen MR) is 65.4 cm³/mol. The van der Waals surface area contributed by atoms with Gasteiger partial charge in [-0.15, -0.1) is 0 Å². The van der Waals surface area contributed by atoms with Gasteiger partial charge < -0.3 is 10.5 Å². The standard InChI is InChI=1S/C13H20N2O/c14-11-13(15-6-8-16-9-7-15)10-12-4-2-1-3-5-12/h1-5,13H,6-11,14H2. The van der Waals surface area contributed by atoms with Crippen LogP contribution in [0.4, 0.5) is 0 Å². The van der Waals surface area contributed by atoms with E-state index in [-0.39, 0.29) is 0 Å². The summed E-state index contributed by atoms with van der Waals surface area (Å²) in [4.78, 5) is 2.44. The molecule has 1 aliphatic heterocycles. The highest BCUT2D eigenvalue weighted by Crippen LogP contribution is 2.10. The van der Waals surface area contributed by atoms with E-state index < -0.39 is 0 Å². The van der Waals surface area contributed by atoms with E-state index in [9.17, 15) is 0 Å². The summed E-state index contributed by atoms with van der Waals surface area (Å²) in [7, 11) is 0. The zero-order valence-corrected chi connectivity index (χ0v) is 9.64. The molecule has 0 radical (unpaired) electrons. The SMILES string of the molecule is NCC(Cc1ccccc1)N1CCOCC1. The van der Waals surface area contributed by atoms with E-state index in [0.29, 0.717) is 6.04 Å². The Hall–Kier alpha value is -0.900. The molecular weight excluding hydrogens is 200 g/mol. The zero-order valence-electron chi connectivity index (χ0n) is 9.64. The van der Waals surface area contributed by atoms with Crippen LogP contribution in [0.3, 0.4) is 0 Å². The summed E-state index contributed by atoms with van der Waals surface area (Å²) in [6, 6.07) is 11.0. The van der Waals surface area contributed by atoms with Crippen LogP contribution in [0.15, 0.2) is 30.3 Å². The average Bonchev–Trinajstić information content (AvgIpc) is 2.38. The number of benzene rings is 1. The van der Waals surface area contributed by atoms with E-state index in [4.69, 9.17) is 10.5 Å². The highest BCUT2D eigenvalue weighted by molar-refractivity contribution is 5.16. The Morgan fingerprint density at radius 3 is 2.50 bits per heavy atom. The molecule has 0 bridgehead atoms. The van der Waals surface area contributed by atoms with E-state index in [1.165, 1.54) is 5.56 Å². The van der Waals surface area contributed by atoms with Crippen molar-refractivity contribution in [2.24, 2.45) is 5.73 Å². The monoisotopic (exact) mass is 220 g/mol. The van der Waals surface area contributed by atoms with Gasteiger partial charge in [0.2, 0.25) is 0 Å². The van der Waals surface area contributed by atoms with Crippen molar-refractivity contribution in [3.63, 3.8) is 0 Å². The van der Waals surface area contributed by atoms with Crippen molar-refractivity contribution in [3.05, 3.63) is 35.9 Å². The summed E-state index contributed by atoms with van der Waals surface area (Å²) in [5.74, 6) is 0. The first-order valence-electron chi connectivity index (χ1n) is 5.96. The van der Waals surface area contributed by atoms with Crippen molar-refractivity contribution in [3.8, 4) is 0 Å². The summed E-state index contributed by atoms with van der Waals surface area (Å²) in [6.07, 6.45) is 1.04. The Kier molecular flexibility index (Phi) is 4.34. The molecule has 1 heterocycles. The number of nitrogens with zero attached hydrogens (tertiary/aromatic N) is 1. The van der Waals surface area contributed by atoms with E-state index in [1.54, 1.807) is 0 Å². The van der Waals surface area contributed by atoms with Crippen molar-refractivity contribution in [2.75, 3.05) is 32.8 Å². The van der Waals surface area contributed by atoms with Crippen LogP contribution in [0.5, 0.6) is 0 Å². The summed E-state index contributed by atoms with van der Waals surface area (Å²) in [5.41, 5.74) is 7.23. The molecule has 2 rings (SSSR count). The lowest BCUT2D eigenvalue weighted by molar-refractivity contribution is 0.0184. The second-order valence-corrected chi connectivity index (χ2v) is 4.23. The minimum atomic E-state index is 0.450. The first-order chi connectivity index (χ1) is 7.90. The van der Waals surface area contributed by atoms with Crippen LogP contribution in [0, 0.1) is 0 Å². The number of hydrogen-bond acceptors (Lipinski definition) is 3. The first-order valence-corrected chi connectivity index (χ1v) is 5.96. The third kappa shape index (κ3) is 3.04. The highest BCUT2D eigenvalue weighted by Gasteiger charge is 2.19. The Morgan fingerprint density at radius 2 is 1.88 bits per heavy atom. The summed E-state index contributed by atoms with van der Waals surface area (Å²) < 4.78 is 5.36. The second kappa shape index (κ2) is 5.99. The molecule has 0 spiro atoms. The fourth-order valence-electron chi connectivity index (χ4n) is 2.19. The normalized spacial score (nSPS) is 19.6. The third-order valence-corrected chi connectivity index (χ3v) is 3.15. The molecule has 1 aliphatic rings. The van der Waals surface area contributed by atoms with Gasteiger partial charge in [0, 0.05) is 25.7 Å². The predicted octanol–water partition coefficient (Wildman–Crippen LogP) is 0.889. The lowest BCUT2D eigenvalue weighted by Gasteiger charge is -2.33. The van der Waals surface area contributed by atoms with Crippen LogP contribution >= 0.6 is 0 Å². The number of hydrogen-bond donors (Lipinski definition) is 1. The summed E-state index contributed by atoms with van der Waals surface area (Å²) in [6.45, 7) is 4.41.